The van der Waals surface area contributed by atoms with Crippen LogP contribution in [0.25, 0.3) is 0 Å². The van der Waals surface area contributed by atoms with Gasteiger partial charge in [0.25, 0.3) is 5.91 Å². The Morgan fingerprint density at radius 1 is 1.15 bits per heavy atom. The molecule has 0 saturated heterocycles. The van der Waals surface area contributed by atoms with Crippen LogP contribution >= 0.6 is 11.6 Å². The zero-order valence-corrected chi connectivity index (χ0v) is 12.5. The van der Waals surface area contributed by atoms with Crippen molar-refractivity contribution >= 4 is 23.2 Å². The summed E-state index contributed by atoms with van der Waals surface area (Å²) in [7, 11) is 0. The van der Waals surface area contributed by atoms with Gasteiger partial charge in [0.05, 0.1) is 0 Å². The minimum Gasteiger partial charge on any atom is -0.309 e. The lowest BCUT2D eigenvalue weighted by atomic mass is 10.1. The van der Waals surface area contributed by atoms with E-state index in [9.17, 15) is 4.79 Å². The number of anilines is 1. The van der Waals surface area contributed by atoms with Gasteiger partial charge in [-0.05, 0) is 49.2 Å². The average molecular weight is 288 g/mol. The maximum Gasteiger partial charge on any atom is 0.258 e. The van der Waals surface area contributed by atoms with Crippen LogP contribution in [-0.2, 0) is 5.88 Å². The summed E-state index contributed by atoms with van der Waals surface area (Å²) in [5.74, 6) is 0.419. The molecule has 0 bridgehead atoms. The van der Waals surface area contributed by atoms with Crippen molar-refractivity contribution in [3.8, 4) is 0 Å². The second-order valence-electron chi connectivity index (χ2n) is 4.72. The van der Waals surface area contributed by atoms with Crippen LogP contribution in [0.4, 0.5) is 5.69 Å². The molecule has 0 N–H and O–H groups in total. The lowest BCUT2D eigenvalue weighted by Gasteiger charge is -2.21. The molecular weight excluding hydrogens is 270 g/mol. The number of alkyl halides is 1. The van der Waals surface area contributed by atoms with Crippen molar-refractivity contribution in [1.82, 2.24) is 0 Å². The smallest absolute Gasteiger partial charge is 0.258 e. The molecule has 2 rings (SSSR count). The predicted molar refractivity (Wildman–Crippen MR) is 84.5 cm³/mol. The van der Waals surface area contributed by atoms with E-state index in [-0.39, 0.29) is 5.91 Å². The number of halogens is 1. The summed E-state index contributed by atoms with van der Waals surface area (Å²) in [4.78, 5) is 14.4. The Labute approximate surface area is 125 Å². The molecule has 3 heteroatoms. The Balaban J connectivity index is 2.33. The normalized spacial score (nSPS) is 10.3. The van der Waals surface area contributed by atoms with Gasteiger partial charge >= 0.3 is 0 Å². The topological polar surface area (TPSA) is 20.3 Å². The third kappa shape index (κ3) is 3.20. The third-order valence-electron chi connectivity index (χ3n) is 3.20. The number of benzene rings is 2. The quantitative estimate of drug-likeness (QED) is 0.763. The van der Waals surface area contributed by atoms with E-state index in [0.717, 1.165) is 16.8 Å². The highest BCUT2D eigenvalue weighted by Crippen LogP contribution is 2.19. The van der Waals surface area contributed by atoms with Crippen molar-refractivity contribution in [1.29, 1.82) is 0 Å². The lowest BCUT2D eigenvalue weighted by molar-refractivity contribution is 0.0988. The van der Waals surface area contributed by atoms with Gasteiger partial charge in [-0.1, -0.05) is 24.3 Å². The van der Waals surface area contributed by atoms with Gasteiger partial charge in [-0.3, -0.25) is 4.79 Å². The molecule has 1 amide bonds. The number of amides is 1. The number of carbonyl (C=O) groups is 1. The molecule has 104 valence electrons. The highest BCUT2D eigenvalue weighted by atomic mass is 35.5. The largest absolute Gasteiger partial charge is 0.309 e. The number of hydrogen-bond acceptors (Lipinski definition) is 1. The highest BCUT2D eigenvalue weighted by Gasteiger charge is 2.16. The van der Waals surface area contributed by atoms with Crippen molar-refractivity contribution in [3.63, 3.8) is 0 Å². The Morgan fingerprint density at radius 3 is 2.55 bits per heavy atom. The number of carbonyl (C=O) groups excluding carboxylic acids is 1. The summed E-state index contributed by atoms with van der Waals surface area (Å²) in [5, 5.41) is 0. The van der Waals surface area contributed by atoms with Crippen LogP contribution in [0, 0.1) is 6.92 Å². The lowest BCUT2D eigenvalue weighted by Crippen LogP contribution is -2.30. The molecule has 0 unspecified atom stereocenters. The Kier molecular flexibility index (Phi) is 4.80. The zero-order chi connectivity index (χ0) is 14.5. The molecule has 0 aliphatic carbocycles. The van der Waals surface area contributed by atoms with E-state index >= 15 is 0 Å². The van der Waals surface area contributed by atoms with Gasteiger partial charge in [-0.2, -0.15) is 0 Å². The fourth-order valence-corrected chi connectivity index (χ4v) is 2.35. The van der Waals surface area contributed by atoms with Gasteiger partial charge in [0.2, 0.25) is 0 Å². The van der Waals surface area contributed by atoms with Crippen LogP contribution in [0.15, 0.2) is 48.5 Å². The van der Waals surface area contributed by atoms with Gasteiger partial charge < -0.3 is 4.90 Å². The molecule has 0 saturated carbocycles. The van der Waals surface area contributed by atoms with Gasteiger partial charge in [0.1, 0.15) is 0 Å². The fourth-order valence-electron chi connectivity index (χ4n) is 2.18. The van der Waals surface area contributed by atoms with Crippen LogP contribution in [0.5, 0.6) is 0 Å². The zero-order valence-electron chi connectivity index (χ0n) is 11.8. The van der Waals surface area contributed by atoms with Crippen LogP contribution < -0.4 is 4.90 Å². The Morgan fingerprint density at radius 2 is 1.90 bits per heavy atom. The maximum absolute atomic E-state index is 12.6. The second kappa shape index (κ2) is 6.58. The SMILES string of the molecule is CCN(C(=O)c1cccc(CCl)c1)c1cccc(C)c1. The van der Waals surface area contributed by atoms with Crippen LogP contribution in [0.1, 0.15) is 28.4 Å². The van der Waals surface area contributed by atoms with Crippen molar-refractivity contribution < 1.29 is 4.79 Å². The number of rotatable bonds is 4. The van der Waals surface area contributed by atoms with Crippen LogP contribution in [0.3, 0.4) is 0 Å². The van der Waals surface area contributed by atoms with Crippen molar-refractivity contribution in [2.24, 2.45) is 0 Å². The number of aryl methyl sites for hydroxylation is 1. The molecule has 0 aliphatic rings. The first-order valence-corrected chi connectivity index (χ1v) is 7.22. The minimum atomic E-state index is 0.00469. The molecule has 2 aromatic carbocycles. The standard InChI is InChI=1S/C17H18ClNO/c1-3-19(16-9-4-6-13(2)10-16)17(20)15-8-5-7-14(11-15)12-18/h4-11H,3,12H2,1-2H3. The fraction of sp³-hybridized carbons (Fsp3) is 0.235. The first kappa shape index (κ1) is 14.6. The molecule has 2 nitrogen and oxygen atoms in total. The molecule has 20 heavy (non-hydrogen) atoms. The average Bonchev–Trinajstić information content (AvgIpc) is 2.48. The first-order valence-electron chi connectivity index (χ1n) is 6.69. The van der Waals surface area contributed by atoms with Gasteiger partial charge in [-0.25, -0.2) is 0 Å². The van der Waals surface area contributed by atoms with Gasteiger partial charge in [0.15, 0.2) is 0 Å². The summed E-state index contributed by atoms with van der Waals surface area (Å²) in [6.07, 6.45) is 0. The van der Waals surface area contributed by atoms with Crippen molar-refractivity contribution in [2.45, 2.75) is 19.7 Å². The Hall–Kier alpha value is -1.80. The van der Waals surface area contributed by atoms with E-state index < -0.39 is 0 Å². The summed E-state index contributed by atoms with van der Waals surface area (Å²) < 4.78 is 0. The van der Waals surface area contributed by atoms with E-state index in [1.807, 2.05) is 62.4 Å². The first-order chi connectivity index (χ1) is 9.65. The van der Waals surface area contributed by atoms with Gasteiger partial charge in [0, 0.05) is 23.7 Å². The van der Waals surface area contributed by atoms with Crippen LogP contribution in [-0.4, -0.2) is 12.5 Å². The van der Waals surface area contributed by atoms with E-state index in [4.69, 9.17) is 11.6 Å². The summed E-state index contributed by atoms with van der Waals surface area (Å²) in [6, 6.07) is 15.4. The molecular formula is C17H18ClNO. The number of nitrogens with zero attached hydrogens (tertiary/aromatic N) is 1. The predicted octanol–water partition coefficient (Wildman–Crippen LogP) is 4.40. The van der Waals surface area contributed by atoms with E-state index in [1.54, 1.807) is 4.90 Å². The minimum absolute atomic E-state index is 0.00469. The van der Waals surface area contributed by atoms with E-state index in [1.165, 1.54) is 0 Å². The highest BCUT2D eigenvalue weighted by molar-refractivity contribution is 6.17. The number of hydrogen-bond donors (Lipinski definition) is 0. The molecule has 2 aromatic rings. The molecule has 0 fully saturated rings. The Bertz CT molecular complexity index is 609. The molecule has 0 aromatic heterocycles. The van der Waals surface area contributed by atoms with Crippen molar-refractivity contribution in [2.75, 3.05) is 11.4 Å². The molecule has 0 atom stereocenters. The van der Waals surface area contributed by atoms with Gasteiger partial charge in [-0.15, -0.1) is 11.6 Å². The van der Waals surface area contributed by atoms with Crippen LogP contribution in [0.2, 0.25) is 0 Å². The summed E-state index contributed by atoms with van der Waals surface area (Å²) in [6.45, 7) is 4.63. The summed E-state index contributed by atoms with van der Waals surface area (Å²) >= 11 is 5.83. The molecule has 0 spiro atoms. The maximum atomic E-state index is 12.6. The molecule has 0 aliphatic heterocycles. The van der Waals surface area contributed by atoms with E-state index in [0.29, 0.717) is 18.0 Å². The van der Waals surface area contributed by atoms with Crippen molar-refractivity contribution in [3.05, 3.63) is 65.2 Å². The molecule has 0 radical (unpaired) electrons. The van der Waals surface area contributed by atoms with E-state index in [2.05, 4.69) is 0 Å². The third-order valence-corrected chi connectivity index (χ3v) is 3.51. The monoisotopic (exact) mass is 287 g/mol. The second-order valence-corrected chi connectivity index (χ2v) is 4.99. The summed E-state index contributed by atoms with van der Waals surface area (Å²) in [5.41, 5.74) is 3.70. The molecule has 0 heterocycles.